The molecule has 108 valence electrons. The lowest BCUT2D eigenvalue weighted by atomic mass is 10.0. The monoisotopic (exact) mass is 288 g/mol. The van der Waals surface area contributed by atoms with Gasteiger partial charge < -0.3 is 5.32 Å². The Kier molecular flexibility index (Phi) is 3.11. The molecule has 0 aliphatic heterocycles. The third-order valence-electron chi connectivity index (χ3n) is 3.99. The van der Waals surface area contributed by atoms with Gasteiger partial charge in [-0.05, 0) is 41.8 Å². The highest BCUT2D eigenvalue weighted by atomic mass is 16.2. The van der Waals surface area contributed by atoms with Crippen LogP contribution in [0.1, 0.15) is 12.8 Å². The van der Waals surface area contributed by atoms with Gasteiger partial charge in [-0.2, -0.15) is 0 Å². The van der Waals surface area contributed by atoms with Crippen LogP contribution in [-0.2, 0) is 4.79 Å². The first kappa shape index (κ1) is 13.0. The molecule has 1 N–H and O–H groups in total. The van der Waals surface area contributed by atoms with Gasteiger partial charge in [0.15, 0.2) is 0 Å². The summed E-state index contributed by atoms with van der Waals surface area (Å²) in [5, 5.41) is 5.30. The lowest BCUT2D eigenvalue weighted by Crippen LogP contribution is -2.14. The molecule has 2 aromatic carbocycles. The fraction of sp³-hybridized carbons (Fsp3) is 0.158. The van der Waals surface area contributed by atoms with E-state index in [-0.39, 0.29) is 11.8 Å². The Bertz CT molecular complexity index is 853. The maximum Gasteiger partial charge on any atom is 0.228 e. The Labute approximate surface area is 129 Å². The number of anilines is 1. The quantitative estimate of drug-likeness (QED) is 0.782. The number of carbonyl (C=O) groups is 1. The van der Waals surface area contributed by atoms with Crippen molar-refractivity contribution >= 4 is 22.5 Å². The predicted octanol–water partition coefficient (Wildman–Crippen LogP) is 4.25. The Morgan fingerprint density at radius 3 is 2.59 bits per heavy atom. The zero-order valence-corrected chi connectivity index (χ0v) is 12.1. The first-order chi connectivity index (χ1) is 10.8. The SMILES string of the molecule is O=C(Nc1cccc(-c2ccc3ccccc3c2)n1)C1CC1. The lowest BCUT2D eigenvalue weighted by Gasteiger charge is -2.07. The van der Waals surface area contributed by atoms with E-state index in [4.69, 9.17) is 0 Å². The number of pyridine rings is 1. The molecule has 0 unspecified atom stereocenters. The minimum absolute atomic E-state index is 0.0863. The molecule has 1 heterocycles. The Morgan fingerprint density at radius 2 is 1.77 bits per heavy atom. The van der Waals surface area contributed by atoms with Crippen LogP contribution in [0.4, 0.5) is 5.82 Å². The highest BCUT2D eigenvalue weighted by molar-refractivity contribution is 5.93. The molecule has 1 saturated carbocycles. The summed E-state index contributed by atoms with van der Waals surface area (Å²) in [6.07, 6.45) is 1.99. The zero-order chi connectivity index (χ0) is 14.9. The largest absolute Gasteiger partial charge is 0.310 e. The van der Waals surface area contributed by atoms with Crippen LogP contribution in [-0.4, -0.2) is 10.9 Å². The molecule has 1 fully saturated rings. The maximum absolute atomic E-state index is 11.8. The second-order valence-electron chi connectivity index (χ2n) is 5.73. The highest BCUT2D eigenvalue weighted by Gasteiger charge is 2.29. The van der Waals surface area contributed by atoms with Gasteiger partial charge in [0, 0.05) is 11.5 Å². The van der Waals surface area contributed by atoms with Crippen molar-refractivity contribution in [3.63, 3.8) is 0 Å². The summed E-state index contributed by atoms with van der Waals surface area (Å²) in [4.78, 5) is 16.4. The van der Waals surface area contributed by atoms with E-state index >= 15 is 0 Å². The number of amides is 1. The molecule has 1 amide bonds. The third-order valence-corrected chi connectivity index (χ3v) is 3.99. The number of nitrogens with one attached hydrogen (secondary N) is 1. The van der Waals surface area contributed by atoms with Crippen molar-refractivity contribution in [2.45, 2.75) is 12.8 Å². The van der Waals surface area contributed by atoms with Gasteiger partial charge in [-0.15, -0.1) is 0 Å². The first-order valence-electron chi connectivity index (χ1n) is 7.57. The predicted molar refractivity (Wildman–Crippen MR) is 88.5 cm³/mol. The van der Waals surface area contributed by atoms with Gasteiger partial charge in [0.05, 0.1) is 5.69 Å². The molecule has 3 heteroatoms. The van der Waals surface area contributed by atoms with Crippen LogP contribution in [0.5, 0.6) is 0 Å². The fourth-order valence-electron chi connectivity index (χ4n) is 2.59. The van der Waals surface area contributed by atoms with Crippen molar-refractivity contribution in [2.75, 3.05) is 5.32 Å². The van der Waals surface area contributed by atoms with Crippen LogP contribution in [0, 0.1) is 5.92 Å². The normalized spacial score (nSPS) is 14.0. The highest BCUT2D eigenvalue weighted by Crippen LogP contribution is 2.30. The molecule has 22 heavy (non-hydrogen) atoms. The topological polar surface area (TPSA) is 42.0 Å². The third kappa shape index (κ3) is 2.58. The summed E-state index contributed by atoms with van der Waals surface area (Å²) in [6.45, 7) is 0. The van der Waals surface area contributed by atoms with Gasteiger partial charge in [-0.25, -0.2) is 4.98 Å². The van der Waals surface area contributed by atoms with Gasteiger partial charge >= 0.3 is 0 Å². The van der Waals surface area contributed by atoms with Crippen molar-refractivity contribution < 1.29 is 4.79 Å². The van der Waals surface area contributed by atoms with Crippen molar-refractivity contribution in [3.8, 4) is 11.3 Å². The maximum atomic E-state index is 11.8. The van der Waals surface area contributed by atoms with Crippen LogP contribution in [0.3, 0.4) is 0 Å². The molecule has 3 nitrogen and oxygen atoms in total. The van der Waals surface area contributed by atoms with E-state index in [1.807, 2.05) is 30.3 Å². The van der Waals surface area contributed by atoms with E-state index in [0.29, 0.717) is 5.82 Å². The molecule has 1 aliphatic carbocycles. The van der Waals surface area contributed by atoms with Crippen molar-refractivity contribution in [2.24, 2.45) is 5.92 Å². The van der Waals surface area contributed by atoms with Crippen LogP contribution >= 0.6 is 0 Å². The van der Waals surface area contributed by atoms with Crippen molar-refractivity contribution in [1.82, 2.24) is 4.98 Å². The standard InChI is InChI=1S/C19H16N2O/c22-19(14-9-10-14)21-18-7-3-6-17(20-18)16-11-8-13-4-1-2-5-15(13)12-16/h1-8,11-12,14H,9-10H2,(H,20,21,22). The summed E-state index contributed by atoms with van der Waals surface area (Å²) in [5.74, 6) is 0.900. The van der Waals surface area contributed by atoms with Gasteiger partial charge in [-0.1, -0.05) is 42.5 Å². The number of hydrogen-bond donors (Lipinski definition) is 1. The van der Waals surface area contributed by atoms with Crippen molar-refractivity contribution in [3.05, 3.63) is 60.7 Å². The average molecular weight is 288 g/mol. The van der Waals surface area contributed by atoms with E-state index in [2.05, 4.69) is 40.6 Å². The Balaban J connectivity index is 1.66. The first-order valence-corrected chi connectivity index (χ1v) is 7.57. The van der Waals surface area contributed by atoms with Crippen LogP contribution in [0.25, 0.3) is 22.0 Å². The molecule has 0 atom stereocenters. The van der Waals surface area contributed by atoms with Gasteiger partial charge in [-0.3, -0.25) is 4.79 Å². The van der Waals surface area contributed by atoms with Crippen LogP contribution < -0.4 is 5.32 Å². The molecule has 1 aliphatic rings. The second-order valence-corrected chi connectivity index (χ2v) is 5.73. The number of benzene rings is 2. The molecule has 0 radical (unpaired) electrons. The van der Waals surface area contributed by atoms with Crippen molar-refractivity contribution in [1.29, 1.82) is 0 Å². The average Bonchev–Trinajstić information content (AvgIpc) is 3.40. The summed E-state index contributed by atoms with van der Waals surface area (Å²) in [7, 11) is 0. The summed E-state index contributed by atoms with van der Waals surface area (Å²) < 4.78 is 0. The minimum Gasteiger partial charge on any atom is -0.310 e. The zero-order valence-electron chi connectivity index (χ0n) is 12.1. The number of fused-ring (bicyclic) bond motifs is 1. The van der Waals surface area contributed by atoms with Gasteiger partial charge in [0.1, 0.15) is 5.82 Å². The molecule has 0 spiro atoms. The molecule has 3 aromatic rings. The van der Waals surface area contributed by atoms with E-state index in [1.54, 1.807) is 0 Å². The number of nitrogens with zero attached hydrogens (tertiary/aromatic N) is 1. The molecular weight excluding hydrogens is 272 g/mol. The molecule has 1 aromatic heterocycles. The fourth-order valence-corrected chi connectivity index (χ4v) is 2.59. The molecule has 0 bridgehead atoms. The van der Waals surface area contributed by atoms with E-state index in [0.717, 1.165) is 24.1 Å². The second kappa shape index (κ2) is 5.26. The van der Waals surface area contributed by atoms with Gasteiger partial charge in [0.25, 0.3) is 0 Å². The van der Waals surface area contributed by atoms with E-state index in [1.165, 1.54) is 10.8 Å². The van der Waals surface area contributed by atoms with Crippen LogP contribution in [0.2, 0.25) is 0 Å². The van der Waals surface area contributed by atoms with Crippen LogP contribution in [0.15, 0.2) is 60.7 Å². The summed E-state index contributed by atoms with van der Waals surface area (Å²) >= 11 is 0. The molecular formula is C19H16N2O. The number of aromatic nitrogens is 1. The molecule has 0 saturated heterocycles. The van der Waals surface area contributed by atoms with Gasteiger partial charge in [0.2, 0.25) is 5.91 Å². The molecule has 4 rings (SSSR count). The van der Waals surface area contributed by atoms with E-state index < -0.39 is 0 Å². The Morgan fingerprint density at radius 1 is 0.955 bits per heavy atom. The summed E-state index contributed by atoms with van der Waals surface area (Å²) in [6, 6.07) is 20.3. The van der Waals surface area contributed by atoms with E-state index in [9.17, 15) is 4.79 Å². The summed E-state index contributed by atoms with van der Waals surface area (Å²) in [5.41, 5.74) is 1.93. The number of hydrogen-bond acceptors (Lipinski definition) is 2. The smallest absolute Gasteiger partial charge is 0.228 e. The Hall–Kier alpha value is -2.68. The number of rotatable bonds is 3. The minimum atomic E-state index is 0.0863. The lowest BCUT2D eigenvalue weighted by molar-refractivity contribution is -0.117. The number of carbonyl (C=O) groups excluding carboxylic acids is 1.